The molecule has 1 aliphatic rings. The molecule has 2 N–H and O–H groups in total. The minimum Gasteiger partial charge on any atom is -0.411 e. The summed E-state index contributed by atoms with van der Waals surface area (Å²) >= 11 is 1.51. The van der Waals surface area contributed by atoms with Crippen LogP contribution in [0.2, 0.25) is 0 Å². The lowest BCUT2D eigenvalue weighted by Crippen LogP contribution is -2.03. The first-order valence-corrected chi connectivity index (χ1v) is 8.04. The van der Waals surface area contributed by atoms with Gasteiger partial charge in [-0.3, -0.25) is 0 Å². The standard InChI is InChI=1S/C16H19N3OS/c1-10(19-20)15-14(18-16(17-2)21-15)13-8-7-11-5-3-4-6-12(11)9-13/h7-9,20H,3-6H2,1-2H3,(H,17,18)/b19-10+. The van der Waals surface area contributed by atoms with E-state index < -0.39 is 0 Å². The molecule has 2 aromatic rings. The van der Waals surface area contributed by atoms with Gasteiger partial charge in [0.1, 0.15) is 0 Å². The number of benzene rings is 1. The fourth-order valence-electron chi connectivity index (χ4n) is 2.79. The van der Waals surface area contributed by atoms with Gasteiger partial charge in [-0.15, -0.1) is 0 Å². The largest absolute Gasteiger partial charge is 0.411 e. The Morgan fingerprint density at radius 2 is 2.05 bits per heavy atom. The molecular weight excluding hydrogens is 282 g/mol. The second-order valence-corrected chi connectivity index (χ2v) is 6.32. The molecule has 5 heteroatoms. The van der Waals surface area contributed by atoms with Crippen molar-refractivity contribution in [2.75, 3.05) is 12.4 Å². The molecule has 110 valence electrons. The molecule has 0 aliphatic heterocycles. The fourth-order valence-corrected chi connectivity index (χ4v) is 3.68. The quantitative estimate of drug-likeness (QED) is 0.513. The van der Waals surface area contributed by atoms with Crippen molar-refractivity contribution in [3.63, 3.8) is 0 Å². The van der Waals surface area contributed by atoms with Gasteiger partial charge in [0.25, 0.3) is 0 Å². The van der Waals surface area contributed by atoms with Gasteiger partial charge in [-0.2, -0.15) is 0 Å². The monoisotopic (exact) mass is 301 g/mol. The molecule has 1 aromatic carbocycles. The number of oxime groups is 1. The molecule has 1 heterocycles. The minimum absolute atomic E-state index is 0.599. The van der Waals surface area contributed by atoms with E-state index in [9.17, 15) is 0 Å². The third-order valence-corrected chi connectivity index (χ3v) is 5.12. The van der Waals surface area contributed by atoms with Crippen molar-refractivity contribution in [1.29, 1.82) is 0 Å². The third-order valence-electron chi connectivity index (χ3n) is 3.94. The second-order valence-electron chi connectivity index (χ2n) is 5.32. The first kappa shape index (κ1) is 14.1. The maximum Gasteiger partial charge on any atom is 0.183 e. The first-order valence-electron chi connectivity index (χ1n) is 7.22. The first-order chi connectivity index (χ1) is 10.2. The molecule has 0 saturated carbocycles. The summed E-state index contributed by atoms with van der Waals surface area (Å²) in [7, 11) is 1.85. The third kappa shape index (κ3) is 2.65. The van der Waals surface area contributed by atoms with Gasteiger partial charge in [-0.05, 0) is 49.8 Å². The van der Waals surface area contributed by atoms with E-state index >= 15 is 0 Å². The number of hydrogen-bond donors (Lipinski definition) is 2. The van der Waals surface area contributed by atoms with E-state index in [1.807, 2.05) is 7.05 Å². The molecule has 3 rings (SSSR count). The Hall–Kier alpha value is -1.88. The maximum absolute atomic E-state index is 9.08. The van der Waals surface area contributed by atoms with Gasteiger partial charge in [-0.25, -0.2) is 4.98 Å². The summed E-state index contributed by atoms with van der Waals surface area (Å²) in [5, 5.41) is 16.3. The zero-order chi connectivity index (χ0) is 14.8. The molecule has 0 fully saturated rings. The number of aromatic nitrogens is 1. The predicted octanol–water partition coefficient (Wildman–Crippen LogP) is 3.93. The van der Waals surface area contributed by atoms with Gasteiger partial charge in [0.15, 0.2) is 5.13 Å². The molecule has 4 nitrogen and oxygen atoms in total. The summed E-state index contributed by atoms with van der Waals surface area (Å²) in [5.74, 6) is 0. The molecule has 0 unspecified atom stereocenters. The number of nitrogens with zero attached hydrogens (tertiary/aromatic N) is 2. The molecule has 1 aliphatic carbocycles. The van der Waals surface area contributed by atoms with Gasteiger partial charge in [-0.1, -0.05) is 28.6 Å². The van der Waals surface area contributed by atoms with Crippen molar-refractivity contribution < 1.29 is 5.21 Å². The van der Waals surface area contributed by atoms with Gasteiger partial charge in [0.2, 0.25) is 0 Å². The van der Waals surface area contributed by atoms with E-state index in [1.165, 1.54) is 41.7 Å². The Kier molecular flexibility index (Phi) is 3.92. The second kappa shape index (κ2) is 5.85. The highest BCUT2D eigenvalue weighted by Crippen LogP contribution is 2.34. The number of anilines is 1. The van der Waals surface area contributed by atoms with E-state index in [0.717, 1.165) is 27.7 Å². The molecular formula is C16H19N3OS. The number of thiazole rings is 1. The normalized spacial score (nSPS) is 14.9. The maximum atomic E-state index is 9.08. The van der Waals surface area contributed by atoms with Crippen LogP contribution in [0.15, 0.2) is 23.4 Å². The molecule has 0 amide bonds. The van der Waals surface area contributed by atoms with Gasteiger partial charge in [0, 0.05) is 12.6 Å². The zero-order valence-corrected chi connectivity index (χ0v) is 13.1. The van der Waals surface area contributed by atoms with Crippen LogP contribution >= 0.6 is 11.3 Å². The van der Waals surface area contributed by atoms with Crippen molar-refractivity contribution >= 4 is 22.2 Å². The van der Waals surface area contributed by atoms with E-state index in [4.69, 9.17) is 5.21 Å². The van der Waals surface area contributed by atoms with Crippen molar-refractivity contribution in [1.82, 2.24) is 4.98 Å². The highest BCUT2D eigenvalue weighted by atomic mass is 32.1. The number of rotatable bonds is 3. The molecule has 0 atom stereocenters. The molecule has 0 saturated heterocycles. The van der Waals surface area contributed by atoms with Crippen molar-refractivity contribution in [2.24, 2.45) is 5.16 Å². The summed E-state index contributed by atoms with van der Waals surface area (Å²) < 4.78 is 0. The van der Waals surface area contributed by atoms with Crippen LogP contribution in [0.4, 0.5) is 5.13 Å². The van der Waals surface area contributed by atoms with Crippen LogP contribution in [0, 0.1) is 0 Å². The topological polar surface area (TPSA) is 57.5 Å². The van der Waals surface area contributed by atoms with E-state index in [2.05, 4.69) is 33.7 Å². The zero-order valence-electron chi connectivity index (χ0n) is 12.3. The lowest BCUT2D eigenvalue weighted by atomic mass is 9.90. The lowest BCUT2D eigenvalue weighted by Gasteiger charge is -2.16. The fraction of sp³-hybridized carbons (Fsp3) is 0.375. The van der Waals surface area contributed by atoms with Crippen LogP contribution < -0.4 is 5.32 Å². The summed E-state index contributed by atoms with van der Waals surface area (Å²) in [6, 6.07) is 6.60. The average molecular weight is 301 g/mol. The van der Waals surface area contributed by atoms with Crippen LogP contribution in [0.1, 0.15) is 35.8 Å². The lowest BCUT2D eigenvalue weighted by molar-refractivity contribution is 0.319. The Balaban J connectivity index is 2.09. The molecule has 21 heavy (non-hydrogen) atoms. The molecule has 0 bridgehead atoms. The predicted molar refractivity (Wildman–Crippen MR) is 87.7 cm³/mol. The smallest absolute Gasteiger partial charge is 0.183 e. The number of fused-ring (bicyclic) bond motifs is 1. The van der Waals surface area contributed by atoms with Crippen molar-refractivity contribution in [3.05, 3.63) is 34.2 Å². The van der Waals surface area contributed by atoms with Crippen molar-refractivity contribution in [2.45, 2.75) is 32.6 Å². The molecule has 1 aromatic heterocycles. The summed E-state index contributed by atoms with van der Waals surface area (Å²) in [4.78, 5) is 5.55. The van der Waals surface area contributed by atoms with E-state index in [1.54, 1.807) is 6.92 Å². The Labute approximate surface area is 128 Å². The summed E-state index contributed by atoms with van der Waals surface area (Å²) in [6.45, 7) is 1.80. The Morgan fingerprint density at radius 1 is 1.29 bits per heavy atom. The number of nitrogens with one attached hydrogen (secondary N) is 1. The van der Waals surface area contributed by atoms with Crippen molar-refractivity contribution in [3.8, 4) is 11.3 Å². The molecule has 0 spiro atoms. The minimum atomic E-state index is 0.599. The van der Waals surface area contributed by atoms with Crippen LogP contribution in [0.3, 0.4) is 0 Å². The highest BCUT2D eigenvalue weighted by Gasteiger charge is 2.17. The Bertz CT molecular complexity index is 691. The average Bonchev–Trinajstić information content (AvgIpc) is 2.98. The summed E-state index contributed by atoms with van der Waals surface area (Å²) in [5.41, 5.74) is 5.49. The number of hydrogen-bond acceptors (Lipinski definition) is 5. The Morgan fingerprint density at radius 3 is 2.76 bits per heavy atom. The van der Waals surface area contributed by atoms with Crippen LogP contribution in [-0.2, 0) is 12.8 Å². The van der Waals surface area contributed by atoms with E-state index in [-0.39, 0.29) is 0 Å². The van der Waals surface area contributed by atoms with Gasteiger partial charge >= 0.3 is 0 Å². The van der Waals surface area contributed by atoms with Crippen LogP contribution in [-0.4, -0.2) is 23.0 Å². The van der Waals surface area contributed by atoms with Crippen LogP contribution in [0.25, 0.3) is 11.3 Å². The highest BCUT2D eigenvalue weighted by molar-refractivity contribution is 7.18. The van der Waals surface area contributed by atoms with E-state index in [0.29, 0.717) is 5.71 Å². The van der Waals surface area contributed by atoms with Gasteiger partial charge < -0.3 is 10.5 Å². The summed E-state index contributed by atoms with van der Waals surface area (Å²) in [6.07, 6.45) is 4.88. The molecule has 0 radical (unpaired) electrons. The number of aryl methyl sites for hydroxylation is 2. The SMILES string of the molecule is CNc1nc(-c2ccc3c(c2)CCCC3)c(/C(C)=N/O)s1. The van der Waals surface area contributed by atoms with Crippen LogP contribution in [0.5, 0.6) is 0 Å². The van der Waals surface area contributed by atoms with Gasteiger partial charge in [0.05, 0.1) is 16.3 Å².